The first kappa shape index (κ1) is 9.41. The third-order valence-corrected chi connectivity index (χ3v) is 2.63. The van der Waals surface area contributed by atoms with Crippen LogP contribution in [0.3, 0.4) is 0 Å². The normalized spacial score (nSPS) is 25.9. The third-order valence-electron chi connectivity index (χ3n) is 2.63. The van der Waals surface area contributed by atoms with E-state index < -0.39 is 0 Å². The fraction of sp³-hybridized carbons (Fsp3) is 0.417. The summed E-state index contributed by atoms with van der Waals surface area (Å²) in [6.45, 7) is 7.94. The van der Waals surface area contributed by atoms with Gasteiger partial charge in [0, 0.05) is 6.54 Å². The molecule has 14 heavy (non-hydrogen) atoms. The van der Waals surface area contributed by atoms with E-state index >= 15 is 0 Å². The van der Waals surface area contributed by atoms with Crippen LogP contribution in [0, 0.1) is 0 Å². The highest BCUT2D eigenvalue weighted by Gasteiger charge is 2.17. The molecule has 1 N–H and O–H groups in total. The van der Waals surface area contributed by atoms with Crippen LogP contribution in [0.15, 0.2) is 40.9 Å². The molecule has 0 radical (unpaired) electrons. The molecular formula is C12H16N2. The molecule has 2 heteroatoms. The van der Waals surface area contributed by atoms with Gasteiger partial charge in [0.25, 0.3) is 0 Å². The van der Waals surface area contributed by atoms with Gasteiger partial charge in [-0.3, -0.25) is 4.99 Å². The number of dihydropyridines is 1. The van der Waals surface area contributed by atoms with Crippen molar-refractivity contribution in [2.75, 3.05) is 13.1 Å². The maximum absolute atomic E-state index is 4.69. The Morgan fingerprint density at radius 2 is 2.43 bits per heavy atom. The van der Waals surface area contributed by atoms with Crippen LogP contribution < -0.4 is 5.32 Å². The minimum Gasteiger partial charge on any atom is -0.313 e. The van der Waals surface area contributed by atoms with Crippen molar-refractivity contribution in [2.45, 2.75) is 19.4 Å². The van der Waals surface area contributed by atoms with Crippen molar-refractivity contribution >= 4 is 5.71 Å². The highest BCUT2D eigenvalue weighted by atomic mass is 14.9. The molecule has 0 unspecified atom stereocenters. The van der Waals surface area contributed by atoms with Crippen LogP contribution in [0.2, 0.25) is 0 Å². The number of rotatable bonds is 1. The van der Waals surface area contributed by atoms with Gasteiger partial charge in [-0.1, -0.05) is 18.7 Å². The Balaban J connectivity index is 2.25. The molecule has 0 aromatic heterocycles. The number of fused-ring (bicyclic) bond motifs is 1. The van der Waals surface area contributed by atoms with Crippen molar-refractivity contribution in [3.8, 4) is 0 Å². The quantitative estimate of drug-likeness (QED) is 0.667. The molecule has 0 saturated carbocycles. The standard InChI is InChI=1S/C12H16N2/c1-9(2)11-4-3-10-5-7-13-8-6-12(10)14-11/h3-5,12-13H,1,6-8H2,2H3/t12-/m0/s1. The second-order valence-corrected chi connectivity index (χ2v) is 3.84. The van der Waals surface area contributed by atoms with E-state index in [9.17, 15) is 0 Å². The van der Waals surface area contributed by atoms with E-state index in [-0.39, 0.29) is 0 Å². The maximum atomic E-state index is 4.69. The number of aliphatic imine (C=N–C) groups is 1. The summed E-state index contributed by atoms with van der Waals surface area (Å²) >= 11 is 0. The Kier molecular flexibility index (Phi) is 2.64. The van der Waals surface area contributed by atoms with Crippen molar-refractivity contribution in [2.24, 2.45) is 4.99 Å². The summed E-state index contributed by atoms with van der Waals surface area (Å²) in [6, 6.07) is 0.349. The lowest BCUT2D eigenvalue weighted by Crippen LogP contribution is -2.18. The van der Waals surface area contributed by atoms with E-state index in [0.29, 0.717) is 6.04 Å². The molecule has 2 aliphatic rings. The molecule has 2 rings (SSSR count). The fourth-order valence-corrected chi connectivity index (χ4v) is 1.79. The van der Waals surface area contributed by atoms with Gasteiger partial charge >= 0.3 is 0 Å². The van der Waals surface area contributed by atoms with Crippen LogP contribution in [-0.4, -0.2) is 24.8 Å². The predicted octanol–water partition coefficient (Wildman–Crippen LogP) is 1.86. The van der Waals surface area contributed by atoms with Crippen LogP contribution in [0.5, 0.6) is 0 Å². The molecule has 2 aliphatic heterocycles. The van der Waals surface area contributed by atoms with Gasteiger partial charge in [0.05, 0.1) is 11.8 Å². The van der Waals surface area contributed by atoms with Gasteiger partial charge in [0.2, 0.25) is 0 Å². The van der Waals surface area contributed by atoms with Crippen molar-refractivity contribution in [3.63, 3.8) is 0 Å². The summed E-state index contributed by atoms with van der Waals surface area (Å²) in [5.74, 6) is 0. The van der Waals surface area contributed by atoms with E-state index in [1.165, 1.54) is 5.57 Å². The topological polar surface area (TPSA) is 24.4 Å². The van der Waals surface area contributed by atoms with E-state index in [1.807, 2.05) is 6.92 Å². The fourth-order valence-electron chi connectivity index (χ4n) is 1.79. The molecule has 0 bridgehead atoms. The van der Waals surface area contributed by atoms with E-state index in [2.05, 4.69) is 35.1 Å². The van der Waals surface area contributed by atoms with Crippen molar-refractivity contribution in [3.05, 3.63) is 36.0 Å². The first-order chi connectivity index (χ1) is 6.77. The molecular weight excluding hydrogens is 172 g/mol. The average Bonchev–Trinajstić information content (AvgIpc) is 2.41. The van der Waals surface area contributed by atoms with Gasteiger partial charge in [0.15, 0.2) is 0 Å². The first-order valence-electron chi connectivity index (χ1n) is 5.10. The first-order valence-corrected chi connectivity index (χ1v) is 5.10. The van der Waals surface area contributed by atoms with E-state index in [0.717, 1.165) is 30.8 Å². The Morgan fingerprint density at radius 3 is 3.21 bits per heavy atom. The molecule has 1 atom stereocenters. The summed E-state index contributed by atoms with van der Waals surface area (Å²) in [5.41, 5.74) is 3.45. The molecule has 0 saturated heterocycles. The lowest BCUT2D eigenvalue weighted by molar-refractivity contribution is 0.658. The molecule has 2 heterocycles. The third kappa shape index (κ3) is 1.85. The lowest BCUT2D eigenvalue weighted by Gasteiger charge is -2.17. The summed E-state index contributed by atoms with van der Waals surface area (Å²) in [7, 11) is 0. The SMILES string of the molecule is C=C(C)C1=N[C@H]2CCNCC=C2C=C1. The van der Waals surface area contributed by atoms with Gasteiger partial charge in [0.1, 0.15) is 0 Å². The number of hydrogen-bond acceptors (Lipinski definition) is 2. The second-order valence-electron chi connectivity index (χ2n) is 3.84. The molecule has 2 nitrogen and oxygen atoms in total. The van der Waals surface area contributed by atoms with E-state index in [1.54, 1.807) is 0 Å². The Hall–Kier alpha value is -1.15. The molecule has 0 spiro atoms. The number of allylic oxidation sites excluding steroid dienone is 2. The summed E-state index contributed by atoms with van der Waals surface area (Å²) in [6.07, 6.45) is 7.56. The Labute approximate surface area is 85.1 Å². The zero-order valence-corrected chi connectivity index (χ0v) is 8.59. The molecule has 0 fully saturated rings. The summed E-state index contributed by atoms with van der Waals surface area (Å²) < 4.78 is 0. The van der Waals surface area contributed by atoms with Crippen LogP contribution in [0.25, 0.3) is 0 Å². The van der Waals surface area contributed by atoms with E-state index in [4.69, 9.17) is 0 Å². The van der Waals surface area contributed by atoms with Gasteiger partial charge in [-0.25, -0.2) is 0 Å². The molecule has 0 aliphatic carbocycles. The highest BCUT2D eigenvalue weighted by Crippen LogP contribution is 2.20. The average molecular weight is 188 g/mol. The largest absolute Gasteiger partial charge is 0.313 e. The molecule has 74 valence electrons. The summed E-state index contributed by atoms with van der Waals surface area (Å²) in [4.78, 5) is 4.69. The smallest absolute Gasteiger partial charge is 0.0765 e. The zero-order chi connectivity index (χ0) is 9.97. The minimum absolute atomic E-state index is 0.349. The summed E-state index contributed by atoms with van der Waals surface area (Å²) in [5, 5.41) is 3.35. The van der Waals surface area contributed by atoms with Crippen molar-refractivity contribution in [1.29, 1.82) is 0 Å². The van der Waals surface area contributed by atoms with Crippen LogP contribution in [0.1, 0.15) is 13.3 Å². The second kappa shape index (κ2) is 3.93. The lowest BCUT2D eigenvalue weighted by atomic mass is 9.99. The highest BCUT2D eigenvalue weighted by molar-refractivity contribution is 6.08. The minimum atomic E-state index is 0.349. The molecule has 0 amide bonds. The molecule has 0 aromatic carbocycles. The zero-order valence-electron chi connectivity index (χ0n) is 8.59. The number of hydrogen-bond donors (Lipinski definition) is 1. The van der Waals surface area contributed by atoms with Gasteiger partial charge in [-0.05, 0) is 37.1 Å². The number of nitrogens with one attached hydrogen (secondary N) is 1. The number of nitrogens with zero attached hydrogens (tertiary/aromatic N) is 1. The Bertz CT molecular complexity index is 334. The van der Waals surface area contributed by atoms with Gasteiger partial charge < -0.3 is 5.32 Å². The monoisotopic (exact) mass is 188 g/mol. The van der Waals surface area contributed by atoms with Crippen molar-refractivity contribution < 1.29 is 0 Å². The Morgan fingerprint density at radius 1 is 1.57 bits per heavy atom. The van der Waals surface area contributed by atoms with Crippen molar-refractivity contribution in [1.82, 2.24) is 5.32 Å². The molecule has 0 aromatic rings. The van der Waals surface area contributed by atoms with Crippen LogP contribution >= 0.6 is 0 Å². The van der Waals surface area contributed by atoms with Crippen LogP contribution in [0.4, 0.5) is 0 Å². The maximum Gasteiger partial charge on any atom is 0.0765 e. The predicted molar refractivity (Wildman–Crippen MR) is 60.7 cm³/mol. The van der Waals surface area contributed by atoms with Crippen LogP contribution in [-0.2, 0) is 0 Å². The van der Waals surface area contributed by atoms with Gasteiger partial charge in [-0.15, -0.1) is 0 Å². The van der Waals surface area contributed by atoms with Gasteiger partial charge in [-0.2, -0.15) is 0 Å².